The first-order valence-electron chi connectivity index (χ1n) is 54.3. The Morgan fingerprint density at radius 3 is 0.755 bits per heavy atom. The summed E-state index contributed by atoms with van der Waals surface area (Å²) in [6.07, 6.45) is 10.5. The molecule has 18 aromatic rings. The van der Waals surface area contributed by atoms with Gasteiger partial charge in [0.15, 0.2) is 0 Å². The van der Waals surface area contributed by atoms with Gasteiger partial charge in [0, 0.05) is 70.0 Å². The second-order valence-electron chi connectivity index (χ2n) is 47.8. The predicted octanol–water partition coefficient (Wildman–Crippen LogP) is 35.8. The minimum Gasteiger partial charge on any atom is -0.342 e. The molecule has 0 unspecified atom stereocenters. The number of hydrogen-bond donors (Lipinski definition) is 0. The van der Waals surface area contributed by atoms with E-state index in [0.29, 0.717) is 0 Å². The van der Waals surface area contributed by atoms with Gasteiger partial charge in [-0.15, -0.1) is 0 Å². The Bertz CT molecular complexity index is 7430. The van der Waals surface area contributed by atoms with Crippen molar-refractivity contribution in [2.45, 2.75) is 206 Å². The van der Waals surface area contributed by atoms with Gasteiger partial charge in [-0.25, -0.2) is 0 Å². The van der Waals surface area contributed by atoms with E-state index in [2.05, 4.69) is 524 Å². The van der Waals surface area contributed by atoms with Crippen LogP contribution in [0, 0.1) is 0 Å². The van der Waals surface area contributed by atoms with Crippen LogP contribution in [-0.4, -0.2) is 19.8 Å². The van der Waals surface area contributed by atoms with Crippen LogP contribution in [0.2, 0.25) is 0 Å². The molecule has 2 spiro atoms. The molecule has 0 radical (unpaired) electrons. The number of benzene rings is 18. The molecule has 5 heteroatoms. The molecule has 0 N–H and O–H groups in total. The van der Waals surface area contributed by atoms with E-state index in [1.165, 1.54) is 200 Å². The van der Waals surface area contributed by atoms with Crippen molar-refractivity contribution in [3.63, 3.8) is 0 Å². The zero-order chi connectivity index (χ0) is 101. The van der Waals surface area contributed by atoms with Crippen LogP contribution in [0.25, 0.3) is 77.9 Å². The zero-order valence-corrected chi connectivity index (χ0v) is 88.5. The van der Waals surface area contributed by atoms with Gasteiger partial charge >= 0.3 is 0 Å². The van der Waals surface area contributed by atoms with Gasteiger partial charge in [0.2, 0.25) is 0 Å². The van der Waals surface area contributed by atoms with Gasteiger partial charge in [-0.3, -0.25) is 0 Å². The molecule has 4 aliphatic carbocycles. The SMILES string of the molecule is CC(C)(C)c1ccc(-c2cc3c4c(c2)N(CCCCCCc2ccccc2-c2ccc5c(c2)C2(c6ccccc6-c6ccccc62)c2ccccc2-5)c2cc(N(c5ccc(C(C)(C)C)cc5)c5ccc(C(C)(C)C)cc5)ccc2B4c2ccc(N(c4ccc(C(C)(C)C)cc4)c4ccc(C(C)(C)C)cc4)cc2N3CCCCCCc2ccccc2-c2ccc3c(c2)C2(c4ccccc4-c4ccccc42)c2ccccc2-3)cc1. The fourth-order valence-corrected chi connectivity index (χ4v) is 26.0. The Labute approximate surface area is 874 Å². The van der Waals surface area contributed by atoms with E-state index in [1.807, 2.05) is 0 Å². The lowest BCUT2D eigenvalue weighted by molar-refractivity contribution is 0.590. The molecule has 0 amide bonds. The summed E-state index contributed by atoms with van der Waals surface area (Å²) in [5.41, 5.74) is 53.8. The lowest BCUT2D eigenvalue weighted by Gasteiger charge is -2.45. The van der Waals surface area contributed by atoms with Gasteiger partial charge in [-0.2, -0.15) is 0 Å². The molecule has 726 valence electrons. The second kappa shape index (κ2) is 36.7. The average Bonchev–Trinajstić information content (AvgIpc) is 1.55. The Hall–Kier alpha value is -14.8. The van der Waals surface area contributed by atoms with Gasteiger partial charge in [0.05, 0.1) is 10.8 Å². The smallest absolute Gasteiger partial charge is 0.252 e. The molecule has 6 aliphatic rings. The Kier molecular flexibility index (Phi) is 23.6. The van der Waals surface area contributed by atoms with E-state index in [4.69, 9.17) is 0 Å². The standard InChI is InChI=1S/C142H135BN4/c1-136(2,3)100-62-58-94(59-63-100)99-90-133-135-134(91-99)145(87-39-19-17-21-41-96-43-23-25-45-112(96)98-61-83-120-118-51-31-37-57-126(118)142(128(120)89-98)123-54-34-28-48-115(123)116-49-29-35-55-124(116)142)132-93-110(147(107-76-68-103(69-77-107)139(10,11)12)108-78-70-104(71-79-108)140(13,14)15)81-85-130(132)143(135)129-84-80-109(146(105-72-64-101(65-73-105)137(4,5)6)106-74-66-102(67-75-106)138(7,8)9)92-131(129)144(133)86-38-18-16-20-40-95-42-22-24-44-111(95)97-60-82-119-117-50-30-36-56-125(117)141(127(119)88-97)121-52-32-26-46-113(121)114-47-27-33-53-122(114)141/h22-37,42-85,88-93H,16-21,38-41,86-87H2,1-15H3. The quantitative estimate of drug-likeness (QED) is 0.0467. The number of rotatable bonds is 23. The monoisotopic (exact) mass is 1910 g/mol. The largest absolute Gasteiger partial charge is 0.342 e. The summed E-state index contributed by atoms with van der Waals surface area (Å²) in [7, 11) is 0. The van der Waals surface area contributed by atoms with Crippen molar-refractivity contribution >= 4 is 80.0 Å². The highest BCUT2D eigenvalue weighted by Crippen LogP contribution is 2.66. The molecule has 0 saturated heterocycles. The summed E-state index contributed by atoms with van der Waals surface area (Å²) < 4.78 is 0. The number of anilines is 10. The molecule has 0 atom stereocenters. The maximum atomic E-state index is 2.81. The van der Waals surface area contributed by atoms with Crippen molar-refractivity contribution in [2.24, 2.45) is 0 Å². The summed E-state index contributed by atoms with van der Waals surface area (Å²) >= 11 is 0. The molecule has 2 heterocycles. The summed E-state index contributed by atoms with van der Waals surface area (Å²) in [6.45, 7) is 36.5. The van der Waals surface area contributed by atoms with Crippen molar-refractivity contribution in [1.82, 2.24) is 0 Å². The minimum absolute atomic E-state index is 0.0240. The first-order valence-corrected chi connectivity index (χ1v) is 54.3. The van der Waals surface area contributed by atoms with Crippen molar-refractivity contribution < 1.29 is 0 Å². The van der Waals surface area contributed by atoms with Crippen LogP contribution in [0.4, 0.5) is 56.9 Å². The molecule has 4 nitrogen and oxygen atoms in total. The van der Waals surface area contributed by atoms with E-state index < -0.39 is 10.8 Å². The molecule has 24 rings (SSSR count). The number of aryl methyl sites for hydroxylation is 2. The average molecular weight is 1910 g/mol. The van der Waals surface area contributed by atoms with Crippen molar-refractivity contribution in [2.75, 3.05) is 32.7 Å². The molecule has 0 aromatic heterocycles. The van der Waals surface area contributed by atoms with Gasteiger partial charge in [-0.05, 0) is 340 Å². The third kappa shape index (κ3) is 16.2. The van der Waals surface area contributed by atoms with Gasteiger partial charge in [0.1, 0.15) is 0 Å². The van der Waals surface area contributed by atoms with Crippen molar-refractivity contribution in [3.05, 3.63) is 484 Å². The highest BCUT2D eigenvalue weighted by molar-refractivity contribution is 7.00. The third-order valence-corrected chi connectivity index (χ3v) is 33.6. The van der Waals surface area contributed by atoms with Crippen LogP contribution < -0.4 is 36.0 Å². The lowest BCUT2D eigenvalue weighted by atomic mass is 9.33. The van der Waals surface area contributed by atoms with Gasteiger partial charge in [0.25, 0.3) is 6.71 Å². The van der Waals surface area contributed by atoms with Crippen LogP contribution in [0.5, 0.6) is 0 Å². The molecule has 2 aliphatic heterocycles. The Morgan fingerprint density at radius 2 is 0.456 bits per heavy atom. The van der Waals surface area contributed by atoms with Crippen LogP contribution in [0.1, 0.15) is 239 Å². The molecule has 0 bridgehead atoms. The Morgan fingerprint density at radius 1 is 0.204 bits per heavy atom. The van der Waals surface area contributed by atoms with E-state index >= 15 is 0 Å². The number of nitrogens with zero attached hydrogens (tertiary/aromatic N) is 4. The van der Waals surface area contributed by atoms with E-state index in [0.717, 1.165) is 111 Å². The fraction of sp³-hybridized carbons (Fsp3) is 0.239. The molecule has 147 heavy (non-hydrogen) atoms. The summed E-state index contributed by atoms with van der Waals surface area (Å²) in [5, 5.41) is 0. The first kappa shape index (κ1) is 94.5. The van der Waals surface area contributed by atoms with Crippen LogP contribution in [0.15, 0.2) is 400 Å². The van der Waals surface area contributed by atoms with Crippen molar-refractivity contribution in [3.8, 4) is 77.9 Å². The number of unbranched alkanes of at least 4 members (excludes halogenated alkanes) is 6. The van der Waals surface area contributed by atoms with Gasteiger partial charge < -0.3 is 19.6 Å². The summed E-state index contributed by atoms with van der Waals surface area (Å²) in [6, 6.07) is 157. The third-order valence-electron chi connectivity index (χ3n) is 33.6. The minimum atomic E-state index is -0.409. The van der Waals surface area contributed by atoms with Crippen molar-refractivity contribution in [1.29, 1.82) is 0 Å². The number of hydrogen-bond acceptors (Lipinski definition) is 4. The number of fused-ring (bicyclic) bond motifs is 24. The van der Waals surface area contributed by atoms with Gasteiger partial charge in [-0.1, -0.05) is 433 Å². The first-order chi connectivity index (χ1) is 71.1. The highest BCUT2D eigenvalue weighted by Gasteiger charge is 2.54. The van der Waals surface area contributed by atoms with E-state index in [9.17, 15) is 0 Å². The molecular weight excluding hydrogens is 1770 g/mol. The predicted molar refractivity (Wildman–Crippen MR) is 627 cm³/mol. The fourth-order valence-electron chi connectivity index (χ4n) is 26.0. The maximum Gasteiger partial charge on any atom is 0.252 e. The highest BCUT2D eigenvalue weighted by atomic mass is 15.2. The van der Waals surface area contributed by atoms with Crippen LogP contribution >= 0.6 is 0 Å². The molecular formula is C142H135BN4. The maximum absolute atomic E-state index is 2.81. The second-order valence-corrected chi connectivity index (χ2v) is 47.8. The topological polar surface area (TPSA) is 13.0 Å². The molecule has 0 fully saturated rings. The molecule has 18 aromatic carbocycles. The van der Waals surface area contributed by atoms with E-state index in [-0.39, 0.29) is 33.8 Å². The van der Waals surface area contributed by atoms with E-state index in [1.54, 1.807) is 0 Å². The zero-order valence-electron chi connectivity index (χ0n) is 88.5. The molecule has 0 saturated carbocycles. The van der Waals surface area contributed by atoms with Crippen LogP contribution in [-0.2, 0) is 50.7 Å². The lowest BCUT2D eigenvalue weighted by Crippen LogP contribution is -2.62. The summed E-state index contributed by atoms with van der Waals surface area (Å²) in [4.78, 5) is 10.7. The normalized spacial score (nSPS) is 13.9. The summed E-state index contributed by atoms with van der Waals surface area (Å²) in [5.74, 6) is 0. The Balaban J connectivity index is 0.613. The van der Waals surface area contributed by atoms with Crippen LogP contribution in [0.3, 0.4) is 0 Å².